The fourth-order valence-corrected chi connectivity index (χ4v) is 3.71. The first-order valence-electron chi connectivity index (χ1n) is 10.8. The third-order valence-corrected chi connectivity index (χ3v) is 5.42. The molecule has 3 rings (SSSR count). The number of hydrogen-bond acceptors (Lipinski definition) is 5. The quantitative estimate of drug-likeness (QED) is 0.364. The van der Waals surface area contributed by atoms with Crippen molar-refractivity contribution in [2.45, 2.75) is 45.6 Å². The van der Waals surface area contributed by atoms with E-state index in [2.05, 4.69) is 11.9 Å². The highest BCUT2D eigenvalue weighted by atomic mass is 16.5. The summed E-state index contributed by atoms with van der Waals surface area (Å²) in [5.41, 5.74) is 1.34. The van der Waals surface area contributed by atoms with Gasteiger partial charge in [0.1, 0.15) is 11.5 Å². The predicted molar refractivity (Wildman–Crippen MR) is 125 cm³/mol. The van der Waals surface area contributed by atoms with Crippen LogP contribution < -0.4 is 19.1 Å². The van der Waals surface area contributed by atoms with E-state index >= 15 is 0 Å². The Hall–Kier alpha value is -3.48. The number of hydrogen-bond donors (Lipinski definition) is 1. The lowest BCUT2D eigenvalue weighted by Crippen LogP contribution is -2.37. The summed E-state index contributed by atoms with van der Waals surface area (Å²) in [7, 11) is 3.16. The number of carboxylic acid groups (broad SMARTS) is 1. The number of anilines is 1. The van der Waals surface area contributed by atoms with Crippen molar-refractivity contribution in [3.63, 3.8) is 0 Å². The topological polar surface area (TPSA) is 81.1 Å². The molecule has 2 aromatic carbocycles. The Kier molecular flexibility index (Phi) is 7.76. The van der Waals surface area contributed by atoms with Crippen molar-refractivity contribution in [3.05, 3.63) is 48.7 Å². The molecule has 0 radical (unpaired) electrons. The number of unbranched alkanes of at least 4 members (excludes halogenated alkanes) is 2. The Labute approximate surface area is 188 Å². The van der Waals surface area contributed by atoms with Crippen LogP contribution in [0.15, 0.2) is 48.7 Å². The predicted octanol–water partition coefficient (Wildman–Crippen LogP) is 6.50. The number of nitrogens with zero attached hydrogens (tertiary/aromatic N) is 2. The molecule has 0 aliphatic rings. The van der Waals surface area contributed by atoms with Gasteiger partial charge in [-0.15, -0.1) is 0 Å². The van der Waals surface area contributed by atoms with E-state index in [9.17, 15) is 9.90 Å². The highest BCUT2D eigenvalue weighted by Gasteiger charge is 2.21. The van der Waals surface area contributed by atoms with Crippen LogP contribution in [-0.2, 0) is 0 Å². The molecule has 1 aromatic heterocycles. The summed E-state index contributed by atoms with van der Waals surface area (Å²) < 4.78 is 16.8. The van der Waals surface area contributed by atoms with Gasteiger partial charge < -0.3 is 19.3 Å². The molecule has 1 unspecified atom stereocenters. The zero-order valence-electron chi connectivity index (χ0n) is 19.0. The minimum atomic E-state index is -0.955. The van der Waals surface area contributed by atoms with Gasteiger partial charge in [-0.3, -0.25) is 9.88 Å². The molecule has 170 valence electrons. The highest BCUT2D eigenvalue weighted by Crippen LogP contribution is 2.37. The molecule has 1 heterocycles. The van der Waals surface area contributed by atoms with Crippen LogP contribution in [0.5, 0.6) is 23.0 Å². The normalized spacial score (nSPS) is 11.8. The number of ether oxygens (including phenoxy) is 3. The second-order valence-corrected chi connectivity index (χ2v) is 7.63. The summed E-state index contributed by atoms with van der Waals surface area (Å²) in [6, 6.07) is 12.4. The fraction of sp³-hybridized carbons (Fsp3) is 0.360. The van der Waals surface area contributed by atoms with Crippen LogP contribution in [-0.4, -0.2) is 36.4 Å². The smallest absolute Gasteiger partial charge is 0.412 e. The number of amides is 1. The Morgan fingerprint density at radius 1 is 1.03 bits per heavy atom. The molecule has 0 saturated heterocycles. The third kappa shape index (κ3) is 5.22. The maximum absolute atomic E-state index is 11.9. The lowest BCUT2D eigenvalue weighted by molar-refractivity contribution is 0.199. The molecular weight excluding hydrogens is 408 g/mol. The van der Waals surface area contributed by atoms with Gasteiger partial charge in [0.2, 0.25) is 0 Å². The van der Waals surface area contributed by atoms with Gasteiger partial charge in [-0.25, -0.2) is 4.79 Å². The molecule has 0 fully saturated rings. The first kappa shape index (κ1) is 23.2. The molecule has 0 aliphatic carbocycles. The van der Waals surface area contributed by atoms with Crippen LogP contribution in [0.3, 0.4) is 0 Å². The SMILES string of the molecule is CCCCCC(C)N(C(=O)O)c1ccc(Oc2ccnc3cc(OC)c(OC)cc23)cc1. The average Bonchev–Trinajstić information content (AvgIpc) is 2.79. The molecule has 1 amide bonds. The summed E-state index contributed by atoms with van der Waals surface area (Å²) in [5, 5.41) is 10.5. The summed E-state index contributed by atoms with van der Waals surface area (Å²) in [4.78, 5) is 17.7. The van der Waals surface area contributed by atoms with Gasteiger partial charge in [-0.2, -0.15) is 0 Å². The van der Waals surface area contributed by atoms with Crippen molar-refractivity contribution in [2.24, 2.45) is 0 Å². The minimum Gasteiger partial charge on any atom is -0.493 e. The van der Waals surface area contributed by atoms with E-state index in [0.717, 1.165) is 36.6 Å². The molecule has 0 bridgehead atoms. The number of aromatic nitrogens is 1. The number of methoxy groups -OCH3 is 2. The van der Waals surface area contributed by atoms with Gasteiger partial charge in [0, 0.05) is 29.4 Å². The van der Waals surface area contributed by atoms with Gasteiger partial charge in [-0.1, -0.05) is 26.2 Å². The molecule has 0 aliphatic heterocycles. The molecular formula is C25H30N2O5. The molecule has 1 N–H and O–H groups in total. The standard InChI is InChI=1S/C25H30N2O5/c1-5-6-7-8-17(2)27(25(28)29)18-9-11-19(12-10-18)32-22-13-14-26-21-16-24(31-4)23(30-3)15-20(21)22/h9-17H,5-8H2,1-4H3,(H,28,29). The van der Waals surface area contributed by atoms with Gasteiger partial charge in [-0.05, 0) is 49.7 Å². The monoisotopic (exact) mass is 438 g/mol. The largest absolute Gasteiger partial charge is 0.493 e. The van der Waals surface area contributed by atoms with E-state index in [1.807, 2.05) is 13.0 Å². The number of pyridine rings is 1. The van der Waals surface area contributed by atoms with Crippen LogP contribution in [0.25, 0.3) is 10.9 Å². The first-order chi connectivity index (χ1) is 15.5. The van der Waals surface area contributed by atoms with Crippen molar-refractivity contribution in [2.75, 3.05) is 19.1 Å². The summed E-state index contributed by atoms with van der Waals surface area (Å²) in [5.74, 6) is 2.39. The molecule has 3 aromatic rings. The van der Waals surface area contributed by atoms with E-state index in [0.29, 0.717) is 28.7 Å². The molecule has 0 saturated carbocycles. The highest BCUT2D eigenvalue weighted by molar-refractivity contribution is 5.89. The number of benzene rings is 2. The molecule has 7 nitrogen and oxygen atoms in total. The summed E-state index contributed by atoms with van der Waals surface area (Å²) in [6.45, 7) is 4.08. The molecule has 1 atom stereocenters. The summed E-state index contributed by atoms with van der Waals surface area (Å²) >= 11 is 0. The maximum Gasteiger partial charge on any atom is 0.412 e. The number of fused-ring (bicyclic) bond motifs is 1. The lowest BCUT2D eigenvalue weighted by Gasteiger charge is -2.26. The molecule has 32 heavy (non-hydrogen) atoms. The van der Waals surface area contributed by atoms with Crippen LogP contribution >= 0.6 is 0 Å². The first-order valence-corrected chi connectivity index (χ1v) is 10.8. The maximum atomic E-state index is 11.9. The van der Waals surface area contributed by atoms with Crippen LogP contribution in [0, 0.1) is 0 Å². The van der Waals surface area contributed by atoms with Gasteiger partial charge in [0.15, 0.2) is 11.5 Å². The van der Waals surface area contributed by atoms with Gasteiger partial charge in [0.05, 0.1) is 19.7 Å². The van der Waals surface area contributed by atoms with E-state index in [4.69, 9.17) is 14.2 Å². The van der Waals surface area contributed by atoms with Crippen molar-refractivity contribution in [1.82, 2.24) is 4.98 Å². The van der Waals surface area contributed by atoms with E-state index in [1.54, 1.807) is 56.8 Å². The Balaban J connectivity index is 1.83. The van der Waals surface area contributed by atoms with Crippen LogP contribution in [0.4, 0.5) is 10.5 Å². The fourth-order valence-electron chi connectivity index (χ4n) is 3.71. The molecule has 7 heteroatoms. The second kappa shape index (κ2) is 10.7. The average molecular weight is 439 g/mol. The van der Waals surface area contributed by atoms with E-state index in [1.165, 1.54) is 4.90 Å². The van der Waals surface area contributed by atoms with Crippen molar-refractivity contribution < 1.29 is 24.1 Å². The van der Waals surface area contributed by atoms with Crippen LogP contribution in [0.2, 0.25) is 0 Å². The zero-order chi connectivity index (χ0) is 23.1. The Morgan fingerprint density at radius 3 is 2.34 bits per heavy atom. The minimum absolute atomic E-state index is 0.0996. The van der Waals surface area contributed by atoms with Gasteiger partial charge in [0.25, 0.3) is 0 Å². The van der Waals surface area contributed by atoms with Crippen molar-refractivity contribution >= 4 is 22.7 Å². The Bertz CT molecular complexity index is 1050. The second-order valence-electron chi connectivity index (χ2n) is 7.63. The van der Waals surface area contributed by atoms with E-state index < -0.39 is 6.09 Å². The Morgan fingerprint density at radius 2 is 1.72 bits per heavy atom. The van der Waals surface area contributed by atoms with E-state index in [-0.39, 0.29) is 6.04 Å². The third-order valence-electron chi connectivity index (χ3n) is 5.42. The summed E-state index contributed by atoms with van der Waals surface area (Å²) in [6.07, 6.45) is 4.75. The van der Waals surface area contributed by atoms with Crippen molar-refractivity contribution in [1.29, 1.82) is 0 Å². The number of rotatable bonds is 10. The van der Waals surface area contributed by atoms with Crippen molar-refractivity contribution in [3.8, 4) is 23.0 Å². The molecule has 0 spiro atoms. The lowest BCUT2D eigenvalue weighted by atomic mass is 10.1. The van der Waals surface area contributed by atoms with Crippen LogP contribution in [0.1, 0.15) is 39.5 Å². The van der Waals surface area contributed by atoms with Gasteiger partial charge >= 0.3 is 6.09 Å². The zero-order valence-corrected chi connectivity index (χ0v) is 19.0. The number of carbonyl (C=O) groups is 1.